The van der Waals surface area contributed by atoms with E-state index >= 15 is 0 Å². The first-order valence-corrected chi connectivity index (χ1v) is 14.4. The Morgan fingerprint density at radius 1 is 1.05 bits per heavy atom. The van der Waals surface area contributed by atoms with Crippen LogP contribution >= 0.6 is 23.5 Å². The largest absolute Gasteiger partial charge is 0.493 e. The Bertz CT molecular complexity index is 1410. The van der Waals surface area contributed by atoms with Crippen molar-refractivity contribution in [1.29, 1.82) is 0 Å². The number of carbonyl (C=O) groups is 3. The van der Waals surface area contributed by atoms with E-state index < -0.39 is 11.1 Å². The van der Waals surface area contributed by atoms with Crippen LogP contribution < -0.4 is 9.47 Å². The highest BCUT2D eigenvalue weighted by Gasteiger charge is 2.37. The molecule has 2 heterocycles. The molecule has 10 heteroatoms. The fraction of sp³-hybridized carbons (Fsp3) is 0.276. The lowest BCUT2D eigenvalue weighted by atomic mass is 10.1. The summed E-state index contributed by atoms with van der Waals surface area (Å²) in [4.78, 5) is 42.0. The van der Waals surface area contributed by atoms with Gasteiger partial charge in [-0.25, -0.2) is 0 Å². The lowest BCUT2D eigenvalue weighted by Gasteiger charge is -2.28. The van der Waals surface area contributed by atoms with Crippen molar-refractivity contribution >= 4 is 57.4 Å². The van der Waals surface area contributed by atoms with Crippen LogP contribution in [0.3, 0.4) is 0 Å². The zero-order chi connectivity index (χ0) is 27.2. The molecular formula is C29H28N2O6S2. The summed E-state index contributed by atoms with van der Waals surface area (Å²) >= 11 is 2.56. The minimum Gasteiger partial charge on any atom is -0.493 e. The highest BCUT2D eigenvalue weighted by Crippen LogP contribution is 2.35. The molecule has 3 amide bonds. The van der Waals surface area contributed by atoms with Crippen molar-refractivity contribution in [3.63, 3.8) is 0 Å². The SMILES string of the molecule is COc1cc(/C=C2\SC(=O)N(CC(=O)N3CCOCC3)C2=O)ccc1OCCSc1cccc2ccccc12. The van der Waals surface area contributed by atoms with Gasteiger partial charge in [-0.1, -0.05) is 42.5 Å². The van der Waals surface area contributed by atoms with Crippen molar-refractivity contribution in [1.82, 2.24) is 9.80 Å². The molecule has 0 aliphatic carbocycles. The van der Waals surface area contributed by atoms with E-state index in [-0.39, 0.29) is 17.4 Å². The van der Waals surface area contributed by atoms with Crippen LogP contribution in [-0.2, 0) is 14.3 Å². The second kappa shape index (κ2) is 12.6. The first kappa shape index (κ1) is 27.1. The van der Waals surface area contributed by atoms with E-state index in [1.54, 1.807) is 42.0 Å². The number of benzene rings is 3. The molecule has 2 aliphatic rings. The Balaban J connectivity index is 1.19. The molecule has 0 atom stereocenters. The van der Waals surface area contributed by atoms with Crippen molar-refractivity contribution in [2.24, 2.45) is 0 Å². The van der Waals surface area contributed by atoms with Gasteiger partial charge in [-0.15, -0.1) is 11.8 Å². The molecular weight excluding hydrogens is 536 g/mol. The third-order valence-electron chi connectivity index (χ3n) is 6.36. The Morgan fingerprint density at radius 3 is 2.67 bits per heavy atom. The molecule has 0 saturated carbocycles. The maximum Gasteiger partial charge on any atom is 0.294 e. The van der Waals surface area contributed by atoms with E-state index in [9.17, 15) is 14.4 Å². The number of nitrogens with zero attached hydrogens (tertiary/aromatic N) is 2. The molecule has 2 fully saturated rings. The number of fused-ring (bicyclic) bond motifs is 1. The van der Waals surface area contributed by atoms with Gasteiger partial charge in [-0.2, -0.15) is 0 Å². The van der Waals surface area contributed by atoms with Gasteiger partial charge < -0.3 is 19.1 Å². The number of rotatable bonds is 9. The summed E-state index contributed by atoms with van der Waals surface area (Å²) in [7, 11) is 1.56. The summed E-state index contributed by atoms with van der Waals surface area (Å²) in [5, 5.41) is 1.98. The average Bonchev–Trinajstić information content (AvgIpc) is 3.23. The Kier molecular flexibility index (Phi) is 8.75. The van der Waals surface area contributed by atoms with Crippen LogP contribution in [-0.4, -0.2) is 79.2 Å². The molecule has 0 aromatic heterocycles. The predicted molar refractivity (Wildman–Crippen MR) is 153 cm³/mol. The number of carbonyl (C=O) groups excluding carboxylic acids is 3. The summed E-state index contributed by atoms with van der Waals surface area (Å²) in [6.07, 6.45) is 1.63. The highest BCUT2D eigenvalue weighted by atomic mass is 32.2. The smallest absolute Gasteiger partial charge is 0.294 e. The molecule has 0 unspecified atom stereocenters. The molecule has 0 N–H and O–H groups in total. The number of hydrogen-bond donors (Lipinski definition) is 0. The van der Waals surface area contributed by atoms with Crippen molar-refractivity contribution in [2.75, 3.05) is 52.3 Å². The summed E-state index contributed by atoms with van der Waals surface area (Å²) in [6, 6.07) is 19.9. The van der Waals surface area contributed by atoms with E-state index in [1.807, 2.05) is 18.2 Å². The topological polar surface area (TPSA) is 85.4 Å². The first-order chi connectivity index (χ1) is 19.0. The summed E-state index contributed by atoms with van der Waals surface area (Å²) < 4.78 is 16.8. The second-order valence-electron chi connectivity index (χ2n) is 8.85. The number of morpholine rings is 1. The molecule has 3 aromatic carbocycles. The van der Waals surface area contributed by atoms with Gasteiger partial charge in [0, 0.05) is 23.7 Å². The van der Waals surface area contributed by atoms with Crippen LogP contribution in [0.15, 0.2) is 70.5 Å². The number of hydrogen-bond acceptors (Lipinski definition) is 8. The van der Waals surface area contributed by atoms with Crippen LogP contribution in [0.4, 0.5) is 4.79 Å². The lowest BCUT2D eigenvalue weighted by molar-refractivity contribution is -0.139. The van der Waals surface area contributed by atoms with Crippen LogP contribution in [0.1, 0.15) is 5.56 Å². The first-order valence-electron chi connectivity index (χ1n) is 12.6. The molecule has 0 bridgehead atoms. The number of ether oxygens (including phenoxy) is 3. The molecule has 2 aliphatic heterocycles. The quantitative estimate of drug-likeness (QED) is 0.206. The second-order valence-corrected chi connectivity index (χ2v) is 11.0. The van der Waals surface area contributed by atoms with E-state index in [0.717, 1.165) is 22.4 Å². The van der Waals surface area contributed by atoms with Crippen molar-refractivity contribution in [2.45, 2.75) is 4.90 Å². The third kappa shape index (κ3) is 6.41. The van der Waals surface area contributed by atoms with Crippen LogP contribution in [0.5, 0.6) is 11.5 Å². The third-order valence-corrected chi connectivity index (χ3v) is 8.31. The molecule has 39 heavy (non-hydrogen) atoms. The van der Waals surface area contributed by atoms with Crippen molar-refractivity contribution in [3.05, 3.63) is 71.1 Å². The number of imide groups is 1. The standard InChI is InChI=1S/C29H28N2O6S2/c1-35-24-17-20(18-26-28(33)31(29(34)39-26)19-27(32)30-11-13-36-14-12-30)9-10-23(24)37-15-16-38-25-8-4-6-21-5-2-3-7-22(21)25/h2-10,17-18H,11-16,19H2,1H3/b26-18-. The molecule has 0 spiro atoms. The zero-order valence-corrected chi connectivity index (χ0v) is 23.1. The Morgan fingerprint density at radius 2 is 1.85 bits per heavy atom. The van der Waals surface area contributed by atoms with Crippen molar-refractivity contribution in [3.8, 4) is 11.5 Å². The number of amides is 3. The fourth-order valence-corrected chi connectivity index (χ4v) is 6.09. The molecule has 5 rings (SSSR count). The van der Waals surface area contributed by atoms with Gasteiger partial charge in [0.25, 0.3) is 11.1 Å². The number of thioether (sulfide) groups is 2. The van der Waals surface area contributed by atoms with Crippen LogP contribution in [0, 0.1) is 0 Å². The Labute approximate surface area is 235 Å². The summed E-state index contributed by atoms with van der Waals surface area (Å²) in [5.74, 6) is 1.15. The highest BCUT2D eigenvalue weighted by molar-refractivity contribution is 8.18. The molecule has 0 radical (unpaired) electrons. The zero-order valence-electron chi connectivity index (χ0n) is 21.5. The fourth-order valence-electron chi connectivity index (χ4n) is 4.35. The van der Waals surface area contributed by atoms with Crippen molar-refractivity contribution < 1.29 is 28.6 Å². The number of methoxy groups -OCH3 is 1. The summed E-state index contributed by atoms with van der Waals surface area (Å²) in [6.45, 7) is 2.05. The maximum absolute atomic E-state index is 12.9. The van der Waals surface area contributed by atoms with E-state index in [0.29, 0.717) is 50.0 Å². The average molecular weight is 565 g/mol. The molecule has 8 nitrogen and oxygen atoms in total. The molecule has 2 saturated heterocycles. The minimum atomic E-state index is -0.476. The van der Waals surface area contributed by atoms with Gasteiger partial charge >= 0.3 is 0 Å². The minimum absolute atomic E-state index is 0.261. The monoisotopic (exact) mass is 564 g/mol. The van der Waals surface area contributed by atoms with Gasteiger partial charge in [0.2, 0.25) is 5.91 Å². The van der Waals surface area contributed by atoms with Gasteiger partial charge in [-0.3, -0.25) is 19.3 Å². The lowest BCUT2D eigenvalue weighted by Crippen LogP contribution is -2.46. The normalized spacial score (nSPS) is 16.8. The van der Waals surface area contributed by atoms with Gasteiger partial charge in [0.05, 0.1) is 31.8 Å². The van der Waals surface area contributed by atoms with Gasteiger partial charge in [0.1, 0.15) is 6.54 Å². The molecule has 3 aromatic rings. The van der Waals surface area contributed by atoms with E-state index in [1.165, 1.54) is 15.7 Å². The van der Waals surface area contributed by atoms with Gasteiger partial charge in [0.15, 0.2) is 11.5 Å². The van der Waals surface area contributed by atoms with E-state index in [2.05, 4.69) is 30.3 Å². The molecule has 202 valence electrons. The maximum atomic E-state index is 12.9. The van der Waals surface area contributed by atoms with Crippen LogP contribution in [0.25, 0.3) is 16.8 Å². The summed E-state index contributed by atoms with van der Waals surface area (Å²) in [5.41, 5.74) is 0.689. The Hall–Kier alpha value is -3.47. The van der Waals surface area contributed by atoms with Crippen LogP contribution in [0.2, 0.25) is 0 Å². The van der Waals surface area contributed by atoms with E-state index in [4.69, 9.17) is 14.2 Å². The van der Waals surface area contributed by atoms with Gasteiger partial charge in [-0.05, 0) is 52.4 Å². The predicted octanol–water partition coefficient (Wildman–Crippen LogP) is 4.91.